The van der Waals surface area contributed by atoms with Crippen LogP contribution in [0.3, 0.4) is 0 Å². The van der Waals surface area contributed by atoms with Gasteiger partial charge in [-0.2, -0.15) is 0 Å². The fraction of sp³-hybridized carbons (Fsp3) is 0.160. The zero-order chi connectivity index (χ0) is 21.3. The van der Waals surface area contributed by atoms with Crippen LogP contribution in [0, 0.1) is 13.8 Å². The van der Waals surface area contributed by atoms with Gasteiger partial charge in [-0.05, 0) is 67.5 Å². The maximum atomic E-state index is 11.1. The number of pyridine rings is 1. The Balaban J connectivity index is 1.97. The molecule has 5 nitrogen and oxygen atoms in total. The van der Waals surface area contributed by atoms with Crippen LogP contribution in [-0.4, -0.2) is 22.3 Å². The van der Waals surface area contributed by atoms with E-state index < -0.39 is 5.54 Å². The first-order chi connectivity index (χ1) is 14.5. The second kappa shape index (κ2) is 7.59. The molecule has 0 radical (unpaired) electrons. The molecule has 0 fully saturated rings. The molecule has 3 N–H and O–H groups in total. The number of dihydropyridines is 1. The van der Waals surface area contributed by atoms with Crippen molar-refractivity contribution in [2.45, 2.75) is 19.4 Å². The van der Waals surface area contributed by atoms with Gasteiger partial charge in [0.25, 0.3) is 0 Å². The van der Waals surface area contributed by atoms with Gasteiger partial charge in [-0.15, -0.1) is 0 Å². The van der Waals surface area contributed by atoms with E-state index in [9.17, 15) is 10.2 Å². The summed E-state index contributed by atoms with van der Waals surface area (Å²) in [5, 5.41) is 25.5. The molecule has 5 heteroatoms. The lowest BCUT2D eigenvalue weighted by atomic mass is 9.78. The fourth-order valence-electron chi connectivity index (χ4n) is 3.79. The number of nitrogens with zero attached hydrogens (tertiary/aromatic N) is 1. The van der Waals surface area contributed by atoms with Gasteiger partial charge in [0, 0.05) is 17.3 Å². The number of hydrogen-bond donors (Lipinski definition) is 3. The van der Waals surface area contributed by atoms with Crippen molar-refractivity contribution in [3.63, 3.8) is 0 Å². The molecule has 0 saturated heterocycles. The molecule has 0 aliphatic carbocycles. The summed E-state index contributed by atoms with van der Waals surface area (Å²) in [4.78, 5) is 4.45. The molecule has 1 aliphatic rings. The molecule has 0 bridgehead atoms. The average molecular weight is 400 g/mol. The van der Waals surface area contributed by atoms with Crippen LogP contribution in [0.1, 0.15) is 27.9 Å². The first-order valence-electron chi connectivity index (χ1n) is 9.72. The van der Waals surface area contributed by atoms with Gasteiger partial charge in [-0.25, -0.2) is 0 Å². The normalized spacial score (nSPS) is 17.9. The number of phenols is 2. The molecule has 1 aromatic heterocycles. The van der Waals surface area contributed by atoms with E-state index >= 15 is 0 Å². The van der Waals surface area contributed by atoms with Gasteiger partial charge in [-0.1, -0.05) is 24.3 Å². The summed E-state index contributed by atoms with van der Waals surface area (Å²) in [6, 6.07) is 14.6. The number of allylic oxidation sites excluding steroid dienone is 2. The maximum absolute atomic E-state index is 11.1. The Bertz CT molecular complexity index is 1150. The van der Waals surface area contributed by atoms with Gasteiger partial charge in [0.05, 0.1) is 18.5 Å². The number of hydrogen-bond acceptors (Lipinski definition) is 5. The predicted octanol–water partition coefficient (Wildman–Crippen LogP) is 4.56. The second-order valence-electron chi connectivity index (χ2n) is 7.37. The van der Waals surface area contributed by atoms with E-state index in [2.05, 4.69) is 10.3 Å². The highest BCUT2D eigenvalue weighted by atomic mass is 16.5. The number of methoxy groups -OCH3 is 1. The number of ether oxygens (including phenoxy) is 1. The molecule has 30 heavy (non-hydrogen) atoms. The third-order valence-electron chi connectivity index (χ3n) is 5.64. The van der Waals surface area contributed by atoms with E-state index in [1.54, 1.807) is 31.5 Å². The maximum Gasteiger partial charge on any atom is 0.124 e. The third-order valence-corrected chi connectivity index (χ3v) is 5.64. The van der Waals surface area contributed by atoms with Gasteiger partial charge >= 0.3 is 0 Å². The highest BCUT2D eigenvalue weighted by Crippen LogP contribution is 2.45. The van der Waals surface area contributed by atoms with Crippen LogP contribution in [-0.2, 0) is 5.54 Å². The minimum atomic E-state index is -1.03. The molecule has 0 spiro atoms. The van der Waals surface area contributed by atoms with Crippen LogP contribution in [0.2, 0.25) is 0 Å². The van der Waals surface area contributed by atoms with Crippen molar-refractivity contribution in [3.05, 3.63) is 101 Å². The molecule has 1 atom stereocenters. The monoisotopic (exact) mass is 400 g/mol. The number of aromatic nitrogens is 1. The zero-order valence-electron chi connectivity index (χ0n) is 17.2. The molecule has 1 aliphatic heterocycles. The third kappa shape index (κ3) is 3.18. The van der Waals surface area contributed by atoms with E-state index in [0.29, 0.717) is 16.9 Å². The van der Waals surface area contributed by atoms with Crippen LogP contribution < -0.4 is 10.1 Å². The van der Waals surface area contributed by atoms with Crippen LogP contribution >= 0.6 is 0 Å². The Morgan fingerprint density at radius 3 is 2.57 bits per heavy atom. The van der Waals surface area contributed by atoms with Crippen molar-refractivity contribution in [2.24, 2.45) is 0 Å². The van der Waals surface area contributed by atoms with Gasteiger partial charge in [0.1, 0.15) is 22.8 Å². The van der Waals surface area contributed by atoms with Gasteiger partial charge in [0.2, 0.25) is 0 Å². The SMILES string of the molecule is COc1ccc(O)c(C2(c3ccc(C)c(C)c3O)C=CC=C(c3ccccn3)N2)c1. The van der Waals surface area contributed by atoms with Crippen molar-refractivity contribution in [1.82, 2.24) is 10.3 Å². The van der Waals surface area contributed by atoms with Crippen LogP contribution in [0.25, 0.3) is 5.70 Å². The number of benzene rings is 2. The lowest BCUT2D eigenvalue weighted by Gasteiger charge is -2.38. The molecular formula is C25H24N2O3. The van der Waals surface area contributed by atoms with Crippen molar-refractivity contribution in [2.75, 3.05) is 7.11 Å². The van der Waals surface area contributed by atoms with Crippen LogP contribution in [0.4, 0.5) is 0 Å². The molecule has 0 saturated carbocycles. The summed E-state index contributed by atoms with van der Waals surface area (Å²) in [5.74, 6) is 0.874. The summed E-state index contributed by atoms with van der Waals surface area (Å²) >= 11 is 0. The molecular weight excluding hydrogens is 376 g/mol. The fourth-order valence-corrected chi connectivity index (χ4v) is 3.79. The Hall–Kier alpha value is -3.73. The van der Waals surface area contributed by atoms with Gasteiger partial charge in [-0.3, -0.25) is 4.98 Å². The highest BCUT2D eigenvalue weighted by Gasteiger charge is 2.39. The van der Waals surface area contributed by atoms with E-state index in [-0.39, 0.29) is 11.5 Å². The van der Waals surface area contributed by atoms with Gasteiger partial charge < -0.3 is 20.3 Å². The Morgan fingerprint density at radius 2 is 1.83 bits per heavy atom. The number of aryl methyl sites for hydroxylation is 1. The average Bonchev–Trinajstić information content (AvgIpc) is 2.78. The topological polar surface area (TPSA) is 74.6 Å². The van der Waals surface area contributed by atoms with Crippen molar-refractivity contribution in [3.8, 4) is 17.2 Å². The highest BCUT2D eigenvalue weighted by molar-refractivity contribution is 5.70. The Morgan fingerprint density at radius 1 is 1.00 bits per heavy atom. The number of rotatable bonds is 4. The lowest BCUT2D eigenvalue weighted by molar-refractivity contribution is 0.402. The summed E-state index contributed by atoms with van der Waals surface area (Å²) in [7, 11) is 1.58. The summed E-state index contributed by atoms with van der Waals surface area (Å²) < 4.78 is 5.41. The van der Waals surface area contributed by atoms with Crippen LogP contribution in [0.5, 0.6) is 17.2 Å². The minimum Gasteiger partial charge on any atom is -0.508 e. The number of nitrogens with one attached hydrogen (secondary N) is 1. The summed E-state index contributed by atoms with van der Waals surface area (Å²) in [6.45, 7) is 3.84. The molecule has 1 unspecified atom stereocenters. The van der Waals surface area contributed by atoms with Crippen molar-refractivity contribution >= 4 is 5.70 Å². The van der Waals surface area contributed by atoms with E-state index in [1.165, 1.54) is 0 Å². The first kappa shape index (κ1) is 19.6. The summed E-state index contributed by atoms with van der Waals surface area (Å²) in [6.07, 6.45) is 7.50. The molecule has 2 heterocycles. The van der Waals surface area contributed by atoms with Crippen molar-refractivity contribution < 1.29 is 14.9 Å². The van der Waals surface area contributed by atoms with E-state index in [4.69, 9.17) is 4.74 Å². The van der Waals surface area contributed by atoms with Crippen LogP contribution in [0.15, 0.2) is 73.0 Å². The second-order valence-corrected chi connectivity index (χ2v) is 7.37. The number of aromatic hydroxyl groups is 2. The molecule has 3 aromatic rings. The number of phenolic OH excluding ortho intramolecular Hbond substituents is 2. The van der Waals surface area contributed by atoms with Crippen molar-refractivity contribution in [1.29, 1.82) is 0 Å². The predicted molar refractivity (Wildman–Crippen MR) is 118 cm³/mol. The van der Waals surface area contributed by atoms with Gasteiger partial charge in [0.15, 0.2) is 0 Å². The molecule has 2 aromatic carbocycles. The lowest BCUT2D eigenvalue weighted by Crippen LogP contribution is -2.42. The largest absolute Gasteiger partial charge is 0.508 e. The van der Waals surface area contributed by atoms with E-state index in [1.807, 2.05) is 62.4 Å². The quantitative estimate of drug-likeness (QED) is 0.599. The molecule has 4 rings (SSSR count). The Kier molecular flexibility index (Phi) is 4.96. The standard InChI is InChI=1S/C25H24N2O3/c1-16-9-11-19(24(29)17(16)2)25(20-15-18(30-3)10-12-23(20)28)13-6-8-22(27-25)21-7-4-5-14-26-21/h4-15,27-29H,1-3H3. The smallest absolute Gasteiger partial charge is 0.124 e. The molecule has 0 amide bonds. The summed E-state index contributed by atoms with van der Waals surface area (Å²) in [5.41, 5.74) is 3.49. The zero-order valence-corrected chi connectivity index (χ0v) is 17.2. The Labute approximate surface area is 176 Å². The molecule has 152 valence electrons. The first-order valence-corrected chi connectivity index (χ1v) is 9.72. The van der Waals surface area contributed by atoms with E-state index in [0.717, 1.165) is 22.5 Å². The minimum absolute atomic E-state index is 0.0906.